The van der Waals surface area contributed by atoms with E-state index in [9.17, 15) is 4.79 Å². The van der Waals surface area contributed by atoms with Gasteiger partial charge in [0.05, 0.1) is 17.4 Å². The van der Waals surface area contributed by atoms with Gasteiger partial charge in [0, 0.05) is 44.5 Å². The number of aromatic nitrogens is 4. The molecule has 0 aromatic carbocycles. The molecule has 2 aliphatic rings. The van der Waals surface area contributed by atoms with Gasteiger partial charge in [-0.2, -0.15) is 5.10 Å². The van der Waals surface area contributed by atoms with Gasteiger partial charge in [-0.25, -0.2) is 9.50 Å². The third-order valence-corrected chi connectivity index (χ3v) is 6.00. The summed E-state index contributed by atoms with van der Waals surface area (Å²) in [5.41, 5.74) is 3.73. The van der Waals surface area contributed by atoms with Gasteiger partial charge in [-0.1, -0.05) is 0 Å². The average Bonchev–Trinajstić information content (AvgIpc) is 3.42. The van der Waals surface area contributed by atoms with E-state index in [1.165, 1.54) is 18.5 Å². The molecule has 1 atom stereocenters. The number of carbonyl (C=O) groups is 1. The van der Waals surface area contributed by atoms with E-state index in [2.05, 4.69) is 22.1 Å². The van der Waals surface area contributed by atoms with Crippen molar-refractivity contribution in [3.8, 4) is 0 Å². The number of hydrogen-bond donors (Lipinski definition) is 0. The molecule has 2 saturated heterocycles. The minimum absolute atomic E-state index is 0.0472. The number of piperidine rings is 1. The van der Waals surface area contributed by atoms with Crippen molar-refractivity contribution in [2.75, 3.05) is 31.1 Å². The monoisotopic (exact) mass is 390 g/mol. The van der Waals surface area contributed by atoms with E-state index in [0.717, 1.165) is 49.5 Å². The minimum atomic E-state index is 0.0472. The molecule has 5 rings (SSSR count). The highest BCUT2D eigenvalue weighted by atomic mass is 16.2. The van der Waals surface area contributed by atoms with Crippen LogP contribution in [-0.4, -0.2) is 56.6 Å². The standard InChI is InChI=1S/C22H26N6O/c1-16-11-18(13-23-12-16)22(29)27-10-4-5-17(14-27)21-24-20-7-6-19(15-28(20)25-21)26-8-2-3-9-26/h6-7,11-13,15,17H,2-5,8-10,14H2,1H3/t17-/m1/s1. The van der Waals surface area contributed by atoms with E-state index in [4.69, 9.17) is 10.1 Å². The quantitative estimate of drug-likeness (QED) is 0.688. The lowest BCUT2D eigenvalue weighted by Crippen LogP contribution is -2.39. The molecule has 3 aromatic rings. The summed E-state index contributed by atoms with van der Waals surface area (Å²) in [6.07, 6.45) is 9.98. The Morgan fingerprint density at radius 2 is 1.97 bits per heavy atom. The Bertz CT molecular complexity index is 1040. The topological polar surface area (TPSA) is 66.6 Å². The molecule has 29 heavy (non-hydrogen) atoms. The van der Waals surface area contributed by atoms with E-state index >= 15 is 0 Å². The van der Waals surface area contributed by atoms with Gasteiger partial charge in [0.2, 0.25) is 0 Å². The van der Waals surface area contributed by atoms with Crippen LogP contribution in [0.5, 0.6) is 0 Å². The molecule has 0 N–H and O–H groups in total. The third-order valence-electron chi connectivity index (χ3n) is 6.00. The molecule has 7 heteroatoms. The molecule has 150 valence electrons. The first-order chi connectivity index (χ1) is 14.2. The summed E-state index contributed by atoms with van der Waals surface area (Å²) in [6.45, 7) is 5.61. The largest absolute Gasteiger partial charge is 0.370 e. The van der Waals surface area contributed by atoms with Gasteiger partial charge < -0.3 is 9.80 Å². The fourth-order valence-electron chi connectivity index (χ4n) is 4.45. The molecule has 7 nitrogen and oxygen atoms in total. The maximum absolute atomic E-state index is 12.9. The zero-order valence-electron chi connectivity index (χ0n) is 16.8. The maximum atomic E-state index is 12.9. The Labute approximate surface area is 170 Å². The summed E-state index contributed by atoms with van der Waals surface area (Å²) in [4.78, 5) is 26.2. The van der Waals surface area contributed by atoms with Crippen LogP contribution in [-0.2, 0) is 0 Å². The summed E-state index contributed by atoms with van der Waals surface area (Å²) >= 11 is 0. The van der Waals surface area contributed by atoms with Gasteiger partial charge in [0.1, 0.15) is 0 Å². The smallest absolute Gasteiger partial charge is 0.255 e. The van der Waals surface area contributed by atoms with Crippen LogP contribution in [0.4, 0.5) is 5.69 Å². The van der Waals surface area contributed by atoms with E-state index in [0.29, 0.717) is 12.1 Å². The molecule has 0 saturated carbocycles. The summed E-state index contributed by atoms with van der Waals surface area (Å²) in [5.74, 6) is 1.05. The van der Waals surface area contributed by atoms with Crippen molar-refractivity contribution >= 4 is 17.2 Å². The first kappa shape index (κ1) is 18.1. The lowest BCUT2D eigenvalue weighted by atomic mass is 9.97. The van der Waals surface area contributed by atoms with Crippen molar-refractivity contribution in [3.63, 3.8) is 0 Å². The molecular weight excluding hydrogens is 364 g/mol. The second kappa shape index (κ2) is 7.46. The molecule has 0 aliphatic carbocycles. The second-order valence-electron chi connectivity index (χ2n) is 8.20. The van der Waals surface area contributed by atoms with Crippen LogP contribution >= 0.6 is 0 Å². The molecule has 5 heterocycles. The number of nitrogens with zero attached hydrogens (tertiary/aromatic N) is 6. The number of anilines is 1. The fourth-order valence-corrected chi connectivity index (χ4v) is 4.45. The van der Waals surface area contributed by atoms with Crippen molar-refractivity contribution < 1.29 is 4.79 Å². The summed E-state index contributed by atoms with van der Waals surface area (Å²) in [7, 11) is 0. The third kappa shape index (κ3) is 3.57. The number of hydrogen-bond acceptors (Lipinski definition) is 5. The number of carbonyl (C=O) groups excluding carboxylic acids is 1. The van der Waals surface area contributed by atoms with Crippen LogP contribution < -0.4 is 4.90 Å². The molecule has 3 aromatic heterocycles. The van der Waals surface area contributed by atoms with E-state index in [1.54, 1.807) is 12.4 Å². The highest BCUT2D eigenvalue weighted by molar-refractivity contribution is 5.94. The van der Waals surface area contributed by atoms with Crippen molar-refractivity contribution in [2.45, 2.75) is 38.5 Å². The Balaban J connectivity index is 1.36. The van der Waals surface area contributed by atoms with Crippen LogP contribution in [0, 0.1) is 6.92 Å². The molecule has 0 radical (unpaired) electrons. The number of fused-ring (bicyclic) bond motifs is 1. The molecule has 0 unspecified atom stereocenters. The maximum Gasteiger partial charge on any atom is 0.255 e. The molecule has 0 spiro atoms. The lowest BCUT2D eigenvalue weighted by Gasteiger charge is -2.31. The van der Waals surface area contributed by atoms with Gasteiger partial charge in [-0.05, 0) is 56.4 Å². The zero-order chi connectivity index (χ0) is 19.8. The Morgan fingerprint density at radius 3 is 2.79 bits per heavy atom. The number of likely N-dealkylation sites (tertiary alicyclic amines) is 1. The van der Waals surface area contributed by atoms with Gasteiger partial charge >= 0.3 is 0 Å². The summed E-state index contributed by atoms with van der Waals surface area (Å²) < 4.78 is 1.90. The highest BCUT2D eigenvalue weighted by Gasteiger charge is 2.28. The minimum Gasteiger partial charge on any atom is -0.370 e. The second-order valence-corrected chi connectivity index (χ2v) is 8.20. The van der Waals surface area contributed by atoms with Crippen LogP contribution in [0.2, 0.25) is 0 Å². The van der Waals surface area contributed by atoms with Crippen molar-refractivity contribution in [2.24, 2.45) is 0 Å². The Morgan fingerprint density at radius 1 is 1.10 bits per heavy atom. The number of amides is 1. The molecule has 2 aliphatic heterocycles. The van der Waals surface area contributed by atoms with Gasteiger partial charge in [0.25, 0.3) is 5.91 Å². The van der Waals surface area contributed by atoms with Crippen molar-refractivity contribution in [1.82, 2.24) is 24.5 Å². The number of aryl methyl sites for hydroxylation is 1. The van der Waals surface area contributed by atoms with Crippen LogP contribution in [0.1, 0.15) is 53.3 Å². The molecular formula is C22H26N6O. The Kier molecular flexibility index (Phi) is 4.66. The Hall–Kier alpha value is -2.96. The van der Waals surface area contributed by atoms with Crippen molar-refractivity contribution in [3.05, 3.63) is 53.7 Å². The van der Waals surface area contributed by atoms with Gasteiger partial charge in [0.15, 0.2) is 11.5 Å². The van der Waals surface area contributed by atoms with Gasteiger partial charge in [-0.15, -0.1) is 0 Å². The van der Waals surface area contributed by atoms with E-state index < -0.39 is 0 Å². The summed E-state index contributed by atoms with van der Waals surface area (Å²) in [6, 6.07) is 6.09. The van der Waals surface area contributed by atoms with Crippen molar-refractivity contribution in [1.29, 1.82) is 0 Å². The fraction of sp³-hybridized carbons (Fsp3) is 0.455. The summed E-state index contributed by atoms with van der Waals surface area (Å²) in [5, 5.41) is 4.78. The van der Waals surface area contributed by atoms with Gasteiger partial charge in [-0.3, -0.25) is 9.78 Å². The normalized spacial score (nSPS) is 19.8. The SMILES string of the molecule is Cc1cncc(C(=O)N2CCC[C@@H](c3nc4ccc(N5CCCC5)cn4n3)C2)c1. The van der Waals surface area contributed by atoms with Crippen LogP contribution in [0.15, 0.2) is 36.8 Å². The molecule has 2 fully saturated rings. The van der Waals surface area contributed by atoms with Crippen LogP contribution in [0.25, 0.3) is 5.65 Å². The average molecular weight is 390 g/mol. The zero-order valence-corrected chi connectivity index (χ0v) is 16.8. The first-order valence-electron chi connectivity index (χ1n) is 10.5. The number of rotatable bonds is 3. The van der Waals surface area contributed by atoms with E-state index in [1.807, 2.05) is 28.5 Å². The van der Waals surface area contributed by atoms with E-state index in [-0.39, 0.29) is 11.8 Å². The molecule has 1 amide bonds. The molecule has 0 bridgehead atoms. The van der Waals surface area contributed by atoms with Crippen LogP contribution in [0.3, 0.4) is 0 Å². The lowest BCUT2D eigenvalue weighted by molar-refractivity contribution is 0.0704. The highest BCUT2D eigenvalue weighted by Crippen LogP contribution is 2.27. The predicted octanol–water partition coefficient (Wildman–Crippen LogP) is 3.05. The first-order valence-corrected chi connectivity index (χ1v) is 10.5. The predicted molar refractivity (Wildman–Crippen MR) is 111 cm³/mol. The number of pyridine rings is 2.